The van der Waals surface area contributed by atoms with Crippen molar-refractivity contribution in [2.45, 2.75) is 66.3 Å². The summed E-state index contributed by atoms with van der Waals surface area (Å²) >= 11 is 4.26. The van der Waals surface area contributed by atoms with Crippen LogP contribution in [0.3, 0.4) is 0 Å². The Labute approximate surface area is 159 Å². The van der Waals surface area contributed by atoms with Crippen LogP contribution in [-0.4, -0.2) is 33.8 Å². The summed E-state index contributed by atoms with van der Waals surface area (Å²) in [4.78, 5) is 16.4. The van der Waals surface area contributed by atoms with E-state index in [0.717, 1.165) is 43.6 Å². The van der Waals surface area contributed by atoms with E-state index >= 15 is 0 Å². The Kier molecular flexibility index (Phi) is 7.36. The lowest BCUT2D eigenvalue weighted by atomic mass is 10.3. The first-order valence-corrected chi connectivity index (χ1v) is 12.3. The Morgan fingerprint density at radius 3 is 2.46 bits per heavy atom. The van der Waals surface area contributed by atoms with Gasteiger partial charge >= 0.3 is 6.16 Å². The van der Waals surface area contributed by atoms with Crippen molar-refractivity contribution in [1.29, 1.82) is 0 Å². The van der Waals surface area contributed by atoms with Gasteiger partial charge in [0.05, 0.1) is 10.5 Å². The summed E-state index contributed by atoms with van der Waals surface area (Å²) in [5.41, 5.74) is 0. The second kappa shape index (κ2) is 9.50. The van der Waals surface area contributed by atoms with Gasteiger partial charge in [-0.15, -0.1) is 11.7 Å². The zero-order valence-corrected chi connectivity index (χ0v) is 16.5. The van der Waals surface area contributed by atoms with Crippen molar-refractivity contribution in [2.24, 2.45) is 0 Å². The molecule has 0 aliphatic heterocycles. The average Bonchev–Trinajstić information content (AvgIpc) is 3.23. The minimum Gasteiger partial charge on any atom is -0.430 e. The van der Waals surface area contributed by atoms with Crippen LogP contribution in [0.15, 0.2) is 29.4 Å². The molecule has 4 atom stereocenters. The third-order valence-electron chi connectivity index (χ3n) is 4.31. The molecule has 132 valence electrons. The normalized spacial score (nSPS) is 29.5. The van der Waals surface area contributed by atoms with Gasteiger partial charge in [-0.1, -0.05) is 27.7 Å². The average molecular weight is 404 g/mol. The molecule has 3 rings (SSSR count). The second-order valence-corrected chi connectivity index (χ2v) is 9.86. The first-order valence-electron chi connectivity index (χ1n) is 8.18. The molecule has 0 amide bonds. The molecule has 8 heteroatoms. The van der Waals surface area contributed by atoms with Gasteiger partial charge in [0.15, 0.2) is 0 Å². The van der Waals surface area contributed by atoms with Crippen LogP contribution in [0.4, 0.5) is 4.79 Å². The highest BCUT2D eigenvalue weighted by atomic mass is 33.1. The van der Waals surface area contributed by atoms with E-state index in [9.17, 15) is 4.79 Å². The van der Waals surface area contributed by atoms with Crippen molar-refractivity contribution in [3.63, 3.8) is 0 Å². The van der Waals surface area contributed by atoms with Crippen molar-refractivity contribution in [1.82, 2.24) is 4.98 Å². The molecule has 0 radical (unpaired) electrons. The molecule has 0 aromatic carbocycles. The van der Waals surface area contributed by atoms with Gasteiger partial charge in [0.25, 0.3) is 0 Å². The maximum absolute atomic E-state index is 12.1. The maximum Gasteiger partial charge on any atom is 0.508 e. The molecular weight excluding hydrogens is 382 g/mol. The zero-order chi connectivity index (χ0) is 16.8. The number of aromatic nitrogens is 1. The summed E-state index contributed by atoms with van der Waals surface area (Å²) in [5, 5.41) is 1.56. The van der Waals surface area contributed by atoms with Crippen LogP contribution in [0.25, 0.3) is 0 Å². The maximum atomic E-state index is 12.1. The number of carbonyl (C=O) groups is 1. The number of hydrogen-bond acceptors (Lipinski definition) is 8. The third kappa shape index (κ3) is 5.16. The Balaban J connectivity index is 1.45. The SMILES string of the molecule is O=C(O[C@@H]1CCC[C@H]1SS)O[C@@H]1CCC[C@H]1SSc1ccccn1. The van der Waals surface area contributed by atoms with Gasteiger partial charge in [0.1, 0.15) is 17.2 Å². The lowest BCUT2D eigenvalue weighted by molar-refractivity contribution is 0.00464. The van der Waals surface area contributed by atoms with Gasteiger partial charge in [0, 0.05) is 6.20 Å². The van der Waals surface area contributed by atoms with Gasteiger partial charge in [-0.25, -0.2) is 9.78 Å². The minimum atomic E-state index is -0.519. The molecular formula is C16H21NO3S4. The van der Waals surface area contributed by atoms with Crippen molar-refractivity contribution >= 4 is 50.2 Å². The molecule has 1 aromatic heterocycles. The molecule has 2 aliphatic rings. The van der Waals surface area contributed by atoms with Gasteiger partial charge < -0.3 is 9.47 Å². The quantitative estimate of drug-likeness (QED) is 0.388. The predicted molar refractivity (Wildman–Crippen MR) is 105 cm³/mol. The molecule has 4 nitrogen and oxygen atoms in total. The summed E-state index contributed by atoms with van der Waals surface area (Å²) in [5.74, 6) is 0. The predicted octanol–water partition coefficient (Wildman–Crippen LogP) is 5.40. The Hall–Kier alpha value is -0.180. The van der Waals surface area contributed by atoms with Gasteiger partial charge in [-0.3, -0.25) is 0 Å². The fraction of sp³-hybridized carbons (Fsp3) is 0.625. The minimum absolute atomic E-state index is 0.0598. The van der Waals surface area contributed by atoms with Gasteiger partial charge in [0.2, 0.25) is 0 Å². The number of rotatable bonds is 6. The third-order valence-corrected chi connectivity index (χ3v) is 8.77. The molecule has 1 aromatic rings. The highest BCUT2D eigenvalue weighted by Crippen LogP contribution is 2.42. The Morgan fingerprint density at radius 2 is 1.79 bits per heavy atom. The van der Waals surface area contributed by atoms with E-state index in [1.807, 2.05) is 18.2 Å². The smallest absolute Gasteiger partial charge is 0.430 e. The van der Waals surface area contributed by atoms with E-state index in [0.29, 0.717) is 5.25 Å². The monoisotopic (exact) mass is 403 g/mol. The highest BCUT2D eigenvalue weighted by Gasteiger charge is 2.35. The Morgan fingerprint density at radius 1 is 1.08 bits per heavy atom. The molecule has 0 spiro atoms. The van der Waals surface area contributed by atoms with Crippen LogP contribution in [0.2, 0.25) is 0 Å². The van der Waals surface area contributed by atoms with Gasteiger partial charge in [-0.05, 0) is 61.5 Å². The van der Waals surface area contributed by atoms with E-state index in [4.69, 9.17) is 9.47 Å². The van der Waals surface area contributed by atoms with Crippen LogP contribution >= 0.6 is 44.0 Å². The molecule has 0 bridgehead atoms. The molecule has 2 aliphatic carbocycles. The van der Waals surface area contributed by atoms with E-state index in [2.05, 4.69) is 16.6 Å². The van der Waals surface area contributed by atoms with Crippen LogP contribution in [0, 0.1) is 0 Å². The molecule has 0 saturated heterocycles. The summed E-state index contributed by atoms with van der Waals surface area (Å²) in [6, 6.07) is 5.88. The summed E-state index contributed by atoms with van der Waals surface area (Å²) in [6.45, 7) is 0. The summed E-state index contributed by atoms with van der Waals surface area (Å²) < 4.78 is 11.1. The second-order valence-electron chi connectivity index (χ2n) is 5.95. The standard InChI is InChI=1S/C16H21NO3S4/c18-16(19-11-5-3-7-13(11)22-21)20-12-6-4-8-14(12)23-24-15-9-1-2-10-17-15/h1-2,9-14,21H,3-8H2/t11-,12-,13-,14-/m1/s1. The van der Waals surface area contributed by atoms with Crippen molar-refractivity contribution in [2.75, 3.05) is 0 Å². The van der Waals surface area contributed by atoms with Crippen molar-refractivity contribution in [3.8, 4) is 0 Å². The van der Waals surface area contributed by atoms with E-state index in [-0.39, 0.29) is 17.5 Å². The number of carbonyl (C=O) groups excluding carboxylic acids is 1. The number of thiol groups is 1. The van der Waals surface area contributed by atoms with Crippen molar-refractivity contribution in [3.05, 3.63) is 24.4 Å². The van der Waals surface area contributed by atoms with Crippen LogP contribution in [0.1, 0.15) is 38.5 Å². The fourth-order valence-electron chi connectivity index (χ4n) is 3.07. The van der Waals surface area contributed by atoms with Crippen LogP contribution < -0.4 is 0 Å². The molecule has 2 fully saturated rings. The van der Waals surface area contributed by atoms with Crippen LogP contribution in [0.5, 0.6) is 0 Å². The lowest BCUT2D eigenvalue weighted by Gasteiger charge is -2.22. The zero-order valence-electron chi connectivity index (χ0n) is 13.2. The molecule has 1 heterocycles. The first-order chi connectivity index (χ1) is 11.8. The lowest BCUT2D eigenvalue weighted by Crippen LogP contribution is -2.29. The van der Waals surface area contributed by atoms with E-state index in [1.165, 1.54) is 10.8 Å². The highest BCUT2D eigenvalue weighted by molar-refractivity contribution is 8.76. The largest absolute Gasteiger partial charge is 0.508 e. The van der Waals surface area contributed by atoms with E-state index in [1.54, 1.807) is 27.8 Å². The first kappa shape index (κ1) is 18.6. The van der Waals surface area contributed by atoms with Crippen molar-refractivity contribution < 1.29 is 14.3 Å². The Bertz CT molecular complexity index is 533. The van der Waals surface area contributed by atoms with Crippen LogP contribution in [-0.2, 0) is 9.47 Å². The van der Waals surface area contributed by atoms with E-state index < -0.39 is 6.16 Å². The molecule has 24 heavy (non-hydrogen) atoms. The summed E-state index contributed by atoms with van der Waals surface area (Å²) in [6.07, 6.45) is 7.23. The fourth-order valence-corrected chi connectivity index (χ4v) is 7.05. The number of ether oxygens (including phenoxy) is 2. The molecule has 2 saturated carbocycles. The number of pyridine rings is 1. The van der Waals surface area contributed by atoms with Gasteiger partial charge in [-0.2, -0.15) is 0 Å². The molecule has 0 N–H and O–H groups in total. The number of hydrogen-bond donors (Lipinski definition) is 1. The summed E-state index contributed by atoms with van der Waals surface area (Å²) in [7, 11) is 4.86. The molecule has 0 unspecified atom stereocenters. The topological polar surface area (TPSA) is 48.4 Å². The number of nitrogens with zero attached hydrogens (tertiary/aromatic N) is 1.